The average Bonchev–Trinajstić information content (AvgIpc) is 2.76. The summed E-state index contributed by atoms with van der Waals surface area (Å²) in [5.74, 6) is -1.66. The first-order valence-corrected chi connectivity index (χ1v) is 11.9. The fraction of sp³-hybridized carbons (Fsp3) is 0.640. The zero-order valence-electron chi connectivity index (χ0n) is 19.5. The van der Waals surface area contributed by atoms with Crippen molar-refractivity contribution in [1.29, 1.82) is 0 Å². The molecular weight excluding hydrogens is 406 g/mol. The minimum atomic E-state index is -0.956. The molecule has 1 saturated heterocycles. The van der Waals surface area contributed by atoms with E-state index in [-0.39, 0.29) is 30.4 Å². The maximum Gasteiger partial charge on any atom is 0.318 e. The Labute approximate surface area is 191 Å². The number of amides is 3. The molecule has 0 spiro atoms. The molecule has 0 bridgehead atoms. The molecule has 32 heavy (non-hydrogen) atoms. The fourth-order valence-corrected chi connectivity index (χ4v) is 4.92. The highest BCUT2D eigenvalue weighted by molar-refractivity contribution is 5.89. The van der Waals surface area contributed by atoms with Gasteiger partial charge in [0.1, 0.15) is 6.04 Å². The van der Waals surface area contributed by atoms with Crippen LogP contribution >= 0.6 is 0 Å². The molecule has 3 rings (SSSR count). The van der Waals surface area contributed by atoms with Crippen LogP contribution in [0.1, 0.15) is 64.9 Å². The molecule has 3 amide bonds. The molecule has 3 unspecified atom stereocenters. The Morgan fingerprint density at radius 3 is 2.34 bits per heavy atom. The molecular formula is C25H37N3O4. The highest BCUT2D eigenvalue weighted by Gasteiger charge is 2.47. The number of benzene rings is 1. The lowest BCUT2D eigenvalue weighted by Gasteiger charge is -2.48. The van der Waals surface area contributed by atoms with Crippen LogP contribution in [0, 0.1) is 11.8 Å². The number of carboxylic acid groups (broad SMARTS) is 1. The molecule has 0 aromatic heterocycles. The number of carbonyl (C=O) groups excluding carboxylic acids is 2. The zero-order valence-corrected chi connectivity index (χ0v) is 19.5. The first-order valence-electron chi connectivity index (χ1n) is 11.9. The van der Waals surface area contributed by atoms with Gasteiger partial charge in [-0.3, -0.25) is 9.59 Å². The predicted octanol–water partition coefficient (Wildman–Crippen LogP) is 3.88. The van der Waals surface area contributed by atoms with Crippen molar-refractivity contribution in [3.8, 4) is 0 Å². The Hall–Kier alpha value is -2.57. The molecule has 3 atom stereocenters. The van der Waals surface area contributed by atoms with Crippen molar-refractivity contribution in [1.82, 2.24) is 15.1 Å². The van der Waals surface area contributed by atoms with Gasteiger partial charge in [-0.05, 0) is 37.7 Å². The zero-order chi connectivity index (χ0) is 23.3. The van der Waals surface area contributed by atoms with E-state index in [4.69, 9.17) is 0 Å². The summed E-state index contributed by atoms with van der Waals surface area (Å²) in [6.45, 7) is 6.31. The maximum atomic E-state index is 13.6. The standard InChI is InChI=1S/C25H37N3O4/c1-17(2)14-21-23(29)27(15-19-10-6-4-7-11-19)16-22(18(3)24(30)31)28(21)25(32)26-20-12-8-5-9-13-20/h4,6-7,10-11,17-18,20-22H,5,8-9,12-16H2,1-3H3,(H,26,32)(H,30,31). The number of rotatable bonds is 7. The molecule has 7 heteroatoms. The van der Waals surface area contributed by atoms with E-state index in [1.54, 1.807) is 16.7 Å². The Bertz CT molecular complexity index is 792. The average molecular weight is 444 g/mol. The van der Waals surface area contributed by atoms with Crippen molar-refractivity contribution < 1.29 is 19.5 Å². The van der Waals surface area contributed by atoms with Crippen LogP contribution < -0.4 is 5.32 Å². The van der Waals surface area contributed by atoms with E-state index in [1.807, 2.05) is 44.2 Å². The molecule has 2 N–H and O–H groups in total. The molecule has 2 aliphatic rings. The number of urea groups is 1. The van der Waals surface area contributed by atoms with Crippen molar-refractivity contribution in [3.63, 3.8) is 0 Å². The summed E-state index contributed by atoms with van der Waals surface area (Å²) in [5, 5.41) is 12.9. The van der Waals surface area contributed by atoms with E-state index in [0.29, 0.717) is 13.0 Å². The summed E-state index contributed by atoms with van der Waals surface area (Å²) in [5.41, 5.74) is 0.992. The Kier molecular flexibility index (Phi) is 8.15. The van der Waals surface area contributed by atoms with Crippen molar-refractivity contribution in [2.45, 2.75) is 84.0 Å². The normalized spacial score (nSPS) is 23.3. The highest BCUT2D eigenvalue weighted by atomic mass is 16.4. The van der Waals surface area contributed by atoms with Gasteiger partial charge in [0.25, 0.3) is 0 Å². The van der Waals surface area contributed by atoms with Crippen molar-refractivity contribution in [3.05, 3.63) is 35.9 Å². The predicted molar refractivity (Wildman–Crippen MR) is 123 cm³/mol. The lowest BCUT2D eigenvalue weighted by Crippen LogP contribution is -2.67. The molecule has 1 aliphatic heterocycles. The first kappa shape index (κ1) is 24.1. The van der Waals surface area contributed by atoms with E-state index in [0.717, 1.165) is 31.2 Å². The summed E-state index contributed by atoms with van der Waals surface area (Å²) in [4.78, 5) is 42.3. The summed E-state index contributed by atoms with van der Waals surface area (Å²) in [6.07, 6.45) is 5.71. The van der Waals surface area contributed by atoms with Gasteiger partial charge in [0.2, 0.25) is 5.91 Å². The van der Waals surface area contributed by atoms with Crippen LogP contribution in [0.5, 0.6) is 0 Å². The van der Waals surface area contributed by atoms with Crippen LogP contribution in [-0.2, 0) is 16.1 Å². The van der Waals surface area contributed by atoms with Crippen LogP contribution in [0.15, 0.2) is 30.3 Å². The van der Waals surface area contributed by atoms with Crippen molar-refractivity contribution >= 4 is 17.9 Å². The number of hydrogen-bond donors (Lipinski definition) is 2. The van der Waals surface area contributed by atoms with E-state index in [2.05, 4.69) is 5.32 Å². The third-order valence-electron chi connectivity index (χ3n) is 6.74. The second-order valence-electron chi connectivity index (χ2n) is 9.74. The molecule has 1 aliphatic carbocycles. The van der Waals surface area contributed by atoms with E-state index >= 15 is 0 Å². The third kappa shape index (κ3) is 5.81. The van der Waals surface area contributed by atoms with Crippen LogP contribution in [0.2, 0.25) is 0 Å². The number of hydrogen-bond acceptors (Lipinski definition) is 3. The van der Waals surface area contributed by atoms with Crippen molar-refractivity contribution in [2.24, 2.45) is 11.8 Å². The molecule has 0 radical (unpaired) electrons. The second kappa shape index (κ2) is 10.8. The monoisotopic (exact) mass is 443 g/mol. The van der Waals surface area contributed by atoms with E-state index in [9.17, 15) is 19.5 Å². The third-order valence-corrected chi connectivity index (χ3v) is 6.74. The second-order valence-corrected chi connectivity index (χ2v) is 9.74. The number of aliphatic carboxylic acids is 1. The number of nitrogens with one attached hydrogen (secondary N) is 1. The molecule has 176 valence electrons. The molecule has 7 nitrogen and oxygen atoms in total. The Balaban J connectivity index is 1.90. The number of nitrogens with zero attached hydrogens (tertiary/aromatic N) is 2. The molecule has 2 fully saturated rings. The van der Waals surface area contributed by atoms with Gasteiger partial charge in [0, 0.05) is 19.1 Å². The SMILES string of the molecule is CC(C)CC1C(=O)N(Cc2ccccc2)CC(C(C)C(=O)O)N1C(=O)NC1CCCCC1. The summed E-state index contributed by atoms with van der Waals surface area (Å²) in [6, 6.07) is 8.25. The quantitative estimate of drug-likeness (QED) is 0.669. The Morgan fingerprint density at radius 2 is 1.75 bits per heavy atom. The summed E-state index contributed by atoms with van der Waals surface area (Å²) >= 11 is 0. The van der Waals surface area contributed by atoms with Gasteiger partial charge in [0.15, 0.2) is 0 Å². The fourth-order valence-electron chi connectivity index (χ4n) is 4.92. The molecule has 1 heterocycles. The largest absolute Gasteiger partial charge is 0.481 e. The molecule has 1 aromatic carbocycles. The van der Waals surface area contributed by atoms with Crippen LogP contribution in [0.3, 0.4) is 0 Å². The van der Waals surface area contributed by atoms with Gasteiger partial charge in [0.05, 0.1) is 12.0 Å². The number of carbonyl (C=O) groups is 3. The van der Waals surface area contributed by atoms with Crippen LogP contribution in [0.4, 0.5) is 4.79 Å². The van der Waals surface area contributed by atoms with Gasteiger partial charge in [-0.1, -0.05) is 63.4 Å². The Morgan fingerprint density at radius 1 is 1.09 bits per heavy atom. The smallest absolute Gasteiger partial charge is 0.318 e. The summed E-state index contributed by atoms with van der Waals surface area (Å²) < 4.78 is 0. The van der Waals surface area contributed by atoms with Crippen LogP contribution in [0.25, 0.3) is 0 Å². The van der Waals surface area contributed by atoms with Crippen LogP contribution in [-0.4, -0.2) is 57.5 Å². The van der Waals surface area contributed by atoms with Gasteiger partial charge in [-0.15, -0.1) is 0 Å². The minimum Gasteiger partial charge on any atom is -0.481 e. The van der Waals surface area contributed by atoms with E-state index in [1.165, 1.54) is 6.42 Å². The molecule has 1 aromatic rings. The van der Waals surface area contributed by atoms with Gasteiger partial charge in [-0.2, -0.15) is 0 Å². The number of piperazine rings is 1. The lowest BCUT2D eigenvalue weighted by atomic mass is 9.90. The highest BCUT2D eigenvalue weighted by Crippen LogP contribution is 2.29. The number of carboxylic acids is 1. The van der Waals surface area contributed by atoms with Crippen molar-refractivity contribution in [2.75, 3.05) is 6.54 Å². The summed E-state index contributed by atoms with van der Waals surface area (Å²) in [7, 11) is 0. The van der Waals surface area contributed by atoms with E-state index < -0.39 is 24.0 Å². The molecule has 1 saturated carbocycles. The van der Waals surface area contributed by atoms with Gasteiger partial charge < -0.3 is 20.2 Å². The first-order chi connectivity index (χ1) is 15.3. The van der Waals surface area contributed by atoms with Gasteiger partial charge >= 0.3 is 12.0 Å². The minimum absolute atomic E-state index is 0.0918. The lowest BCUT2D eigenvalue weighted by molar-refractivity contribution is -0.153. The maximum absolute atomic E-state index is 13.6. The topological polar surface area (TPSA) is 90.0 Å². The van der Waals surface area contributed by atoms with Gasteiger partial charge in [-0.25, -0.2) is 4.79 Å².